The number of H-pyrrole nitrogens is 1. The number of nitrogens with zero attached hydrogens (tertiary/aromatic N) is 2. The third-order valence-electron chi connectivity index (χ3n) is 4.16. The number of hydrogen-bond donors (Lipinski definition) is 2. The predicted molar refractivity (Wildman–Crippen MR) is 110 cm³/mol. The number of anilines is 1. The van der Waals surface area contributed by atoms with E-state index in [0.717, 1.165) is 21.7 Å². The van der Waals surface area contributed by atoms with Crippen LogP contribution in [0.2, 0.25) is 0 Å². The Morgan fingerprint density at radius 3 is 2.89 bits per heavy atom. The predicted octanol–water partition coefficient (Wildman–Crippen LogP) is 4.71. The van der Waals surface area contributed by atoms with Crippen molar-refractivity contribution < 1.29 is 9.18 Å². The molecule has 0 aliphatic heterocycles. The molecule has 140 valence electrons. The summed E-state index contributed by atoms with van der Waals surface area (Å²) in [6, 6.07) is 12.1. The van der Waals surface area contributed by atoms with Gasteiger partial charge in [-0.1, -0.05) is 18.2 Å². The highest BCUT2D eigenvalue weighted by Gasteiger charge is 2.08. The monoisotopic (exact) mass is 392 g/mol. The molecule has 28 heavy (non-hydrogen) atoms. The van der Waals surface area contributed by atoms with Crippen LogP contribution in [0, 0.1) is 12.7 Å². The molecule has 4 aromatic rings. The number of aryl methyl sites for hydroxylation is 1. The van der Waals surface area contributed by atoms with Crippen LogP contribution in [0.15, 0.2) is 53.9 Å². The second-order valence-electron chi connectivity index (χ2n) is 6.30. The maximum Gasteiger partial charge on any atom is 0.248 e. The number of aromatic nitrogens is 3. The van der Waals surface area contributed by atoms with Crippen LogP contribution in [0.1, 0.15) is 22.1 Å². The molecular formula is C21H17FN4OS. The van der Waals surface area contributed by atoms with Crippen LogP contribution in [-0.2, 0) is 11.2 Å². The van der Waals surface area contributed by atoms with Gasteiger partial charge >= 0.3 is 0 Å². The van der Waals surface area contributed by atoms with Crippen molar-refractivity contribution in [3.8, 4) is 0 Å². The summed E-state index contributed by atoms with van der Waals surface area (Å²) in [5.41, 5.74) is 3.54. The zero-order chi connectivity index (χ0) is 19.5. The molecule has 0 fully saturated rings. The summed E-state index contributed by atoms with van der Waals surface area (Å²) in [5.74, 6) is 0.177. The van der Waals surface area contributed by atoms with Crippen molar-refractivity contribution in [1.29, 1.82) is 0 Å². The number of carbonyl (C=O) groups excluding carboxylic acids is 1. The number of rotatable bonds is 5. The van der Waals surface area contributed by atoms with Gasteiger partial charge in [-0.3, -0.25) is 4.79 Å². The van der Waals surface area contributed by atoms with Crippen LogP contribution in [0.5, 0.6) is 0 Å². The highest BCUT2D eigenvalue weighted by atomic mass is 32.1. The van der Waals surface area contributed by atoms with E-state index in [0.29, 0.717) is 23.5 Å². The van der Waals surface area contributed by atoms with Gasteiger partial charge in [-0.2, -0.15) is 0 Å². The summed E-state index contributed by atoms with van der Waals surface area (Å²) in [7, 11) is 0. The van der Waals surface area contributed by atoms with Gasteiger partial charge in [0.2, 0.25) is 5.91 Å². The number of thiazole rings is 1. The molecule has 7 heteroatoms. The average molecular weight is 392 g/mol. The summed E-state index contributed by atoms with van der Waals surface area (Å²) in [6.45, 7) is 1.92. The topological polar surface area (TPSA) is 70.7 Å². The van der Waals surface area contributed by atoms with Crippen molar-refractivity contribution in [2.45, 2.75) is 13.3 Å². The molecule has 4 rings (SSSR count). The van der Waals surface area contributed by atoms with E-state index in [2.05, 4.69) is 20.3 Å². The maximum atomic E-state index is 13.8. The van der Waals surface area contributed by atoms with Gasteiger partial charge in [-0.25, -0.2) is 14.4 Å². The maximum absolute atomic E-state index is 13.8. The Balaban J connectivity index is 1.47. The quantitative estimate of drug-likeness (QED) is 0.483. The Kier molecular flexibility index (Phi) is 4.99. The summed E-state index contributed by atoms with van der Waals surface area (Å²) in [5, 5.41) is 5.67. The third-order valence-corrected chi connectivity index (χ3v) is 4.95. The average Bonchev–Trinajstić information content (AvgIpc) is 3.27. The number of nitrogens with one attached hydrogen (secondary N) is 2. The molecule has 2 N–H and O–H groups in total. The van der Waals surface area contributed by atoms with Crippen LogP contribution in [0.3, 0.4) is 0 Å². The van der Waals surface area contributed by atoms with E-state index < -0.39 is 0 Å². The molecule has 0 atom stereocenters. The fourth-order valence-corrected chi connectivity index (χ4v) is 3.43. The van der Waals surface area contributed by atoms with E-state index in [9.17, 15) is 9.18 Å². The first kappa shape index (κ1) is 18.1. The molecule has 0 aliphatic carbocycles. The van der Waals surface area contributed by atoms with Gasteiger partial charge in [0, 0.05) is 23.6 Å². The molecule has 0 saturated heterocycles. The zero-order valence-corrected chi connectivity index (χ0v) is 15.9. The lowest BCUT2D eigenvalue weighted by Crippen LogP contribution is -2.07. The summed E-state index contributed by atoms with van der Waals surface area (Å²) in [4.78, 5) is 24.1. The molecule has 2 heterocycles. The molecule has 0 saturated carbocycles. The minimum Gasteiger partial charge on any atom is -0.342 e. The molecule has 2 aromatic heterocycles. The Bertz CT molecular complexity index is 1180. The second kappa shape index (κ2) is 7.74. The Morgan fingerprint density at radius 2 is 2.11 bits per heavy atom. The van der Waals surface area contributed by atoms with Crippen LogP contribution in [-0.4, -0.2) is 20.9 Å². The van der Waals surface area contributed by atoms with E-state index in [1.54, 1.807) is 30.3 Å². The molecule has 5 nitrogen and oxygen atoms in total. The van der Waals surface area contributed by atoms with E-state index in [1.807, 2.05) is 24.4 Å². The standard InChI is InChI=1S/C21H17FN4OS/c1-13-23-16(12-28-13)7-9-21(27)24-15-6-8-18-19(11-15)26-20(25-18)10-14-4-2-3-5-17(14)22/h2-9,11-12H,10H2,1H3,(H,24,27)(H,25,26). The van der Waals surface area contributed by atoms with Gasteiger partial charge in [0.05, 0.1) is 21.7 Å². The number of imidazole rings is 1. The van der Waals surface area contributed by atoms with E-state index in [1.165, 1.54) is 23.5 Å². The number of halogens is 1. The Labute approximate surface area is 165 Å². The van der Waals surface area contributed by atoms with Crippen LogP contribution < -0.4 is 5.32 Å². The highest BCUT2D eigenvalue weighted by Crippen LogP contribution is 2.19. The van der Waals surface area contributed by atoms with Gasteiger partial charge < -0.3 is 10.3 Å². The van der Waals surface area contributed by atoms with Gasteiger partial charge in [-0.05, 0) is 42.8 Å². The molecular weight excluding hydrogens is 375 g/mol. The van der Waals surface area contributed by atoms with E-state index in [4.69, 9.17) is 0 Å². The lowest BCUT2D eigenvalue weighted by atomic mass is 10.1. The molecule has 0 radical (unpaired) electrons. The minimum absolute atomic E-state index is 0.240. The van der Waals surface area contributed by atoms with E-state index in [-0.39, 0.29) is 11.7 Å². The number of benzene rings is 2. The number of carbonyl (C=O) groups is 1. The van der Waals surface area contributed by atoms with Crippen molar-refractivity contribution >= 4 is 40.0 Å². The molecule has 0 aliphatic rings. The largest absolute Gasteiger partial charge is 0.342 e. The summed E-state index contributed by atoms with van der Waals surface area (Å²) in [6.07, 6.45) is 3.51. The van der Waals surface area contributed by atoms with Crippen molar-refractivity contribution in [2.75, 3.05) is 5.32 Å². The SMILES string of the molecule is Cc1nc(C=CC(=O)Nc2ccc3nc(Cc4ccccc4F)[nH]c3c2)cs1. The number of amides is 1. The summed E-state index contributed by atoms with van der Waals surface area (Å²) >= 11 is 1.54. The molecule has 2 aromatic carbocycles. The molecule has 0 bridgehead atoms. The van der Waals surface area contributed by atoms with Gasteiger partial charge in [0.1, 0.15) is 11.6 Å². The molecule has 0 unspecified atom stereocenters. The highest BCUT2D eigenvalue weighted by molar-refractivity contribution is 7.09. The second-order valence-corrected chi connectivity index (χ2v) is 7.36. The first-order chi connectivity index (χ1) is 13.6. The minimum atomic E-state index is -0.252. The zero-order valence-electron chi connectivity index (χ0n) is 15.1. The first-order valence-corrected chi connectivity index (χ1v) is 9.58. The van der Waals surface area contributed by atoms with Gasteiger partial charge in [0.25, 0.3) is 0 Å². The van der Waals surface area contributed by atoms with Crippen molar-refractivity contribution in [3.05, 3.63) is 81.8 Å². The van der Waals surface area contributed by atoms with Crippen molar-refractivity contribution in [1.82, 2.24) is 15.0 Å². The smallest absolute Gasteiger partial charge is 0.248 e. The number of hydrogen-bond acceptors (Lipinski definition) is 4. The van der Waals surface area contributed by atoms with Crippen molar-refractivity contribution in [3.63, 3.8) is 0 Å². The molecule has 1 amide bonds. The number of aromatic amines is 1. The van der Waals surface area contributed by atoms with Gasteiger partial charge in [0.15, 0.2) is 0 Å². The lowest BCUT2D eigenvalue weighted by Gasteiger charge is -2.01. The normalized spacial score (nSPS) is 11.4. The van der Waals surface area contributed by atoms with Crippen LogP contribution in [0.4, 0.5) is 10.1 Å². The van der Waals surface area contributed by atoms with Gasteiger partial charge in [-0.15, -0.1) is 11.3 Å². The molecule has 0 spiro atoms. The third kappa shape index (κ3) is 4.15. The van der Waals surface area contributed by atoms with Crippen LogP contribution in [0.25, 0.3) is 17.1 Å². The van der Waals surface area contributed by atoms with Crippen molar-refractivity contribution in [2.24, 2.45) is 0 Å². The number of fused-ring (bicyclic) bond motifs is 1. The fourth-order valence-electron chi connectivity index (χ4n) is 2.85. The Hall–Kier alpha value is -3.32. The van der Waals surface area contributed by atoms with E-state index >= 15 is 0 Å². The van der Waals surface area contributed by atoms with Crippen LogP contribution >= 0.6 is 11.3 Å². The Morgan fingerprint density at radius 1 is 1.25 bits per heavy atom. The first-order valence-electron chi connectivity index (χ1n) is 8.70. The fraction of sp³-hybridized carbons (Fsp3) is 0.0952. The lowest BCUT2D eigenvalue weighted by molar-refractivity contribution is -0.111. The summed E-state index contributed by atoms with van der Waals surface area (Å²) < 4.78 is 13.8.